The van der Waals surface area contributed by atoms with Crippen molar-refractivity contribution < 1.29 is 21.8 Å². The van der Waals surface area contributed by atoms with Gasteiger partial charge in [0, 0.05) is 23.8 Å². The van der Waals surface area contributed by atoms with E-state index in [1.54, 1.807) is 0 Å². The lowest BCUT2D eigenvalue weighted by Gasteiger charge is -2.11. The number of halogens is 4. The summed E-state index contributed by atoms with van der Waals surface area (Å²) >= 11 is 0. The fourth-order valence-corrected chi connectivity index (χ4v) is 3.22. The molecule has 144 valence electrons. The third kappa shape index (κ3) is 5.55. The molecule has 0 aliphatic carbocycles. The molecule has 0 saturated heterocycles. The van der Waals surface area contributed by atoms with Gasteiger partial charge in [-0.05, 0) is 38.3 Å². The second-order valence-electron chi connectivity index (χ2n) is 6.56. The third-order valence-corrected chi connectivity index (χ3v) is 4.46. The van der Waals surface area contributed by atoms with E-state index in [-0.39, 0.29) is 0 Å². The Morgan fingerprint density at radius 3 is 1.89 bits per heavy atom. The van der Waals surface area contributed by atoms with E-state index in [0.717, 1.165) is 12.8 Å². The van der Waals surface area contributed by atoms with Crippen LogP contribution in [0.4, 0.5) is 17.3 Å². The lowest BCUT2D eigenvalue weighted by Crippen LogP contribution is -2.32. The van der Waals surface area contributed by atoms with Gasteiger partial charge in [0.05, 0.1) is 5.39 Å². The van der Waals surface area contributed by atoms with Crippen molar-refractivity contribution in [3.8, 4) is 5.69 Å². The Kier molecular flexibility index (Phi) is 6.63. The highest BCUT2D eigenvalue weighted by molar-refractivity contribution is 6.50. The first-order valence-corrected chi connectivity index (χ1v) is 9.05. The highest BCUT2D eigenvalue weighted by atomic mass is 19.5. The summed E-state index contributed by atoms with van der Waals surface area (Å²) in [5.74, 6) is 0. The number of benzene rings is 2. The molecule has 0 radical (unpaired) electrons. The standard InChI is InChI=1S/C21H24N.BF4/c1-5-17-14-22(18-10-7-15(3)8-11-18)21-12-9-16(4)13-20(21)19(17)6-2;2-1(3,4)5/h7-14H,5-6H2,1-4H3;/q+1;-1. The fraction of sp³-hybridized carbons (Fsp3) is 0.286. The highest BCUT2D eigenvalue weighted by Gasteiger charge is 2.20. The largest absolute Gasteiger partial charge is 0.673 e. The van der Waals surface area contributed by atoms with Crippen LogP contribution in [0.2, 0.25) is 0 Å². The summed E-state index contributed by atoms with van der Waals surface area (Å²) in [6, 6.07) is 15.6. The van der Waals surface area contributed by atoms with Crippen LogP contribution in [0.25, 0.3) is 16.6 Å². The minimum absolute atomic E-state index is 1.07. The Bertz CT molecular complexity index is 912. The molecule has 1 aromatic heterocycles. The molecule has 0 saturated carbocycles. The van der Waals surface area contributed by atoms with E-state index in [0.29, 0.717) is 0 Å². The van der Waals surface area contributed by atoms with Crippen LogP contribution >= 0.6 is 0 Å². The quantitative estimate of drug-likeness (QED) is 0.293. The van der Waals surface area contributed by atoms with Crippen LogP contribution in [-0.4, -0.2) is 7.25 Å². The van der Waals surface area contributed by atoms with E-state index in [1.165, 1.54) is 38.8 Å². The maximum absolute atomic E-state index is 9.75. The second-order valence-corrected chi connectivity index (χ2v) is 6.56. The van der Waals surface area contributed by atoms with Crippen LogP contribution in [0.3, 0.4) is 0 Å². The van der Waals surface area contributed by atoms with E-state index in [2.05, 4.69) is 80.9 Å². The van der Waals surface area contributed by atoms with Crippen LogP contribution in [0.1, 0.15) is 36.1 Å². The van der Waals surface area contributed by atoms with E-state index in [1.807, 2.05) is 0 Å². The second kappa shape index (κ2) is 8.55. The number of hydrogen-bond donors (Lipinski definition) is 0. The summed E-state index contributed by atoms with van der Waals surface area (Å²) in [7, 11) is -6.00. The fourth-order valence-electron chi connectivity index (χ4n) is 3.22. The molecule has 1 heterocycles. The van der Waals surface area contributed by atoms with E-state index in [9.17, 15) is 17.3 Å². The van der Waals surface area contributed by atoms with Gasteiger partial charge in [0.2, 0.25) is 11.2 Å². The summed E-state index contributed by atoms with van der Waals surface area (Å²) in [5, 5.41) is 1.39. The van der Waals surface area contributed by atoms with Gasteiger partial charge < -0.3 is 17.3 Å². The molecule has 0 fully saturated rings. The number of pyridine rings is 1. The summed E-state index contributed by atoms with van der Waals surface area (Å²) in [6.07, 6.45) is 4.47. The summed E-state index contributed by atoms with van der Waals surface area (Å²) < 4.78 is 41.3. The average molecular weight is 377 g/mol. The van der Waals surface area contributed by atoms with Gasteiger partial charge in [0.15, 0.2) is 6.20 Å². The predicted octanol–water partition coefficient (Wildman–Crippen LogP) is 6.16. The molecular formula is C21H24BF4N. The summed E-state index contributed by atoms with van der Waals surface area (Å²) in [5.41, 5.74) is 8.09. The molecule has 27 heavy (non-hydrogen) atoms. The molecule has 3 aromatic rings. The van der Waals surface area contributed by atoms with Crippen molar-refractivity contribution in [1.82, 2.24) is 0 Å². The SMILES string of the molecule is CCc1c[n+](-c2ccc(C)cc2)c2ccc(C)cc2c1CC.F[B-](F)(F)F. The first-order chi connectivity index (χ1) is 12.6. The minimum atomic E-state index is -6.00. The molecule has 0 bridgehead atoms. The molecule has 0 unspecified atom stereocenters. The van der Waals surface area contributed by atoms with Gasteiger partial charge in [0.25, 0.3) is 0 Å². The van der Waals surface area contributed by atoms with Crippen LogP contribution in [0, 0.1) is 13.8 Å². The van der Waals surface area contributed by atoms with Crippen molar-refractivity contribution in [1.29, 1.82) is 0 Å². The Labute approximate surface area is 157 Å². The maximum atomic E-state index is 9.75. The molecule has 2 aromatic carbocycles. The molecule has 0 aliphatic rings. The van der Waals surface area contributed by atoms with Crippen molar-refractivity contribution in [2.24, 2.45) is 0 Å². The lowest BCUT2D eigenvalue weighted by atomic mass is 9.98. The molecule has 0 amide bonds. The van der Waals surface area contributed by atoms with E-state index in [4.69, 9.17) is 0 Å². The number of aryl methyl sites for hydroxylation is 4. The van der Waals surface area contributed by atoms with Crippen molar-refractivity contribution in [2.75, 3.05) is 0 Å². The first-order valence-electron chi connectivity index (χ1n) is 9.05. The van der Waals surface area contributed by atoms with Crippen LogP contribution in [0.15, 0.2) is 48.7 Å². The number of hydrogen-bond acceptors (Lipinski definition) is 0. The molecular weight excluding hydrogens is 353 g/mol. The third-order valence-electron chi connectivity index (χ3n) is 4.46. The maximum Gasteiger partial charge on any atom is 0.673 e. The zero-order valence-corrected chi connectivity index (χ0v) is 16.1. The molecule has 0 aliphatic heterocycles. The summed E-state index contributed by atoms with van der Waals surface area (Å²) in [6.45, 7) is 8.81. The Balaban J connectivity index is 0.000000465. The molecule has 3 rings (SSSR count). The van der Waals surface area contributed by atoms with Gasteiger partial charge in [-0.1, -0.05) is 43.2 Å². The van der Waals surface area contributed by atoms with E-state index >= 15 is 0 Å². The van der Waals surface area contributed by atoms with Crippen LogP contribution in [0.5, 0.6) is 0 Å². The van der Waals surface area contributed by atoms with Crippen molar-refractivity contribution >= 4 is 18.2 Å². The highest BCUT2D eigenvalue weighted by Crippen LogP contribution is 2.23. The van der Waals surface area contributed by atoms with Gasteiger partial charge in [0.1, 0.15) is 0 Å². The molecule has 0 N–H and O–H groups in total. The minimum Gasteiger partial charge on any atom is -0.418 e. The van der Waals surface area contributed by atoms with Crippen molar-refractivity contribution in [3.05, 3.63) is 70.9 Å². The van der Waals surface area contributed by atoms with Crippen molar-refractivity contribution in [3.63, 3.8) is 0 Å². The number of fused-ring (bicyclic) bond motifs is 1. The zero-order valence-electron chi connectivity index (χ0n) is 16.1. The molecule has 0 spiro atoms. The monoisotopic (exact) mass is 377 g/mol. The van der Waals surface area contributed by atoms with Gasteiger partial charge in [-0.15, -0.1) is 0 Å². The average Bonchev–Trinajstić information content (AvgIpc) is 2.59. The predicted molar refractivity (Wildman–Crippen MR) is 104 cm³/mol. The topological polar surface area (TPSA) is 3.88 Å². The number of nitrogens with zero attached hydrogens (tertiary/aromatic N) is 1. The number of aromatic nitrogens is 1. The summed E-state index contributed by atoms with van der Waals surface area (Å²) in [4.78, 5) is 0. The molecule has 6 heteroatoms. The smallest absolute Gasteiger partial charge is 0.418 e. The first kappa shape index (κ1) is 20.9. The number of rotatable bonds is 3. The van der Waals surface area contributed by atoms with Gasteiger partial charge in [-0.2, -0.15) is 4.57 Å². The molecule has 0 atom stereocenters. The zero-order chi connectivity index (χ0) is 20.2. The van der Waals surface area contributed by atoms with E-state index < -0.39 is 7.25 Å². The Morgan fingerprint density at radius 1 is 0.815 bits per heavy atom. The molecule has 1 nitrogen and oxygen atoms in total. The lowest BCUT2D eigenvalue weighted by molar-refractivity contribution is -0.567. The van der Waals surface area contributed by atoms with Gasteiger partial charge in [-0.25, -0.2) is 0 Å². The Hall–Kier alpha value is -2.37. The normalized spacial score (nSPS) is 11.3. The van der Waals surface area contributed by atoms with Crippen LogP contribution < -0.4 is 4.57 Å². The van der Waals surface area contributed by atoms with Gasteiger partial charge in [-0.3, -0.25) is 0 Å². The Morgan fingerprint density at radius 2 is 1.37 bits per heavy atom. The van der Waals surface area contributed by atoms with Gasteiger partial charge >= 0.3 is 7.25 Å². The van der Waals surface area contributed by atoms with Crippen molar-refractivity contribution in [2.45, 2.75) is 40.5 Å². The van der Waals surface area contributed by atoms with Crippen LogP contribution in [-0.2, 0) is 12.8 Å².